The normalized spacial score (nSPS) is 11.2. The average molecular weight is 429 g/mol. The smallest absolute Gasteiger partial charge is 0.221 e. The molecule has 1 aromatic heterocycles. The summed E-state index contributed by atoms with van der Waals surface area (Å²) in [6.45, 7) is 0.535. The highest BCUT2D eigenvalue weighted by Gasteiger charge is 2.12. The number of imidazole rings is 1. The van der Waals surface area contributed by atoms with E-state index < -0.39 is 0 Å². The summed E-state index contributed by atoms with van der Waals surface area (Å²) in [5.74, 6) is 0.622. The van der Waals surface area contributed by atoms with Crippen molar-refractivity contribution in [2.75, 3.05) is 0 Å². The summed E-state index contributed by atoms with van der Waals surface area (Å²) >= 11 is 12.3. The molecule has 0 saturated carbocycles. The van der Waals surface area contributed by atoms with Gasteiger partial charge in [-0.2, -0.15) is 0 Å². The molecule has 0 aliphatic carbocycles. The minimum Gasteiger partial charge on any atom is -0.508 e. The maximum absolute atomic E-state index is 10.9. The third kappa shape index (κ3) is 5.86. The van der Waals surface area contributed by atoms with Crippen LogP contribution in [-0.4, -0.2) is 20.6 Å². The van der Waals surface area contributed by atoms with E-state index in [9.17, 15) is 9.90 Å². The molecule has 0 atom stereocenters. The summed E-state index contributed by atoms with van der Waals surface area (Å²) in [5.41, 5.74) is 7.74. The molecule has 0 bridgehead atoms. The van der Waals surface area contributed by atoms with Crippen LogP contribution in [0.4, 0.5) is 0 Å². The van der Waals surface area contributed by atoms with Gasteiger partial charge in [-0.1, -0.05) is 47.5 Å². The molecule has 0 spiro atoms. The number of carbonyl (C=O) groups is 1. The molecule has 0 saturated heterocycles. The molecule has 0 fully saturated rings. The minimum absolute atomic E-state index is 0.192. The van der Waals surface area contributed by atoms with Crippen LogP contribution in [0.5, 0.6) is 5.75 Å². The average Bonchev–Trinajstić information content (AvgIpc) is 3.07. The summed E-state index contributed by atoms with van der Waals surface area (Å²) < 4.78 is 1.97. The lowest BCUT2D eigenvalue weighted by Crippen LogP contribution is -2.08. The maximum Gasteiger partial charge on any atom is 0.221 e. The SMILES string of the molecule is NC(=O)CC=CCn1cc(-c2ccc(Cl)cc2Cl)nc1[CH]Cc1ccc(O)cc1. The Morgan fingerprint density at radius 3 is 2.59 bits per heavy atom. The zero-order valence-corrected chi connectivity index (χ0v) is 17.1. The maximum atomic E-state index is 10.9. The quantitative estimate of drug-likeness (QED) is 0.506. The van der Waals surface area contributed by atoms with Crippen LogP contribution < -0.4 is 5.73 Å². The van der Waals surface area contributed by atoms with Crippen molar-refractivity contribution in [1.82, 2.24) is 9.55 Å². The highest BCUT2D eigenvalue weighted by Crippen LogP contribution is 2.30. The zero-order chi connectivity index (χ0) is 20.8. The molecule has 29 heavy (non-hydrogen) atoms. The van der Waals surface area contributed by atoms with Crippen molar-refractivity contribution in [3.05, 3.63) is 88.7 Å². The van der Waals surface area contributed by atoms with E-state index in [1.54, 1.807) is 30.3 Å². The number of aromatic hydroxyl groups is 1. The second-order valence-electron chi connectivity index (χ2n) is 6.48. The Labute approximate surface area is 179 Å². The van der Waals surface area contributed by atoms with Crippen LogP contribution in [0.25, 0.3) is 11.3 Å². The fraction of sp³-hybridized carbons (Fsp3) is 0.136. The number of carbonyl (C=O) groups excluding carboxylic acids is 1. The third-order valence-electron chi connectivity index (χ3n) is 4.26. The summed E-state index contributed by atoms with van der Waals surface area (Å²) in [6, 6.07) is 12.3. The summed E-state index contributed by atoms with van der Waals surface area (Å²) in [4.78, 5) is 15.6. The van der Waals surface area contributed by atoms with E-state index in [0.29, 0.717) is 23.0 Å². The van der Waals surface area contributed by atoms with Crippen molar-refractivity contribution in [3.8, 4) is 17.0 Å². The number of halogens is 2. The second-order valence-corrected chi connectivity index (χ2v) is 7.32. The monoisotopic (exact) mass is 428 g/mol. The van der Waals surface area contributed by atoms with Crippen molar-refractivity contribution in [1.29, 1.82) is 0 Å². The molecule has 0 unspecified atom stereocenters. The molecule has 1 amide bonds. The number of nitrogens with zero attached hydrogens (tertiary/aromatic N) is 2. The van der Waals surface area contributed by atoms with Gasteiger partial charge in [0, 0.05) is 36.2 Å². The van der Waals surface area contributed by atoms with Crippen LogP contribution in [0.3, 0.4) is 0 Å². The van der Waals surface area contributed by atoms with E-state index in [1.807, 2.05) is 41.5 Å². The van der Waals surface area contributed by atoms with Gasteiger partial charge in [0.2, 0.25) is 5.91 Å². The van der Waals surface area contributed by atoms with Gasteiger partial charge in [0.1, 0.15) is 11.6 Å². The van der Waals surface area contributed by atoms with Gasteiger partial charge in [0.05, 0.1) is 10.7 Å². The van der Waals surface area contributed by atoms with Crippen LogP contribution in [0.1, 0.15) is 17.8 Å². The topological polar surface area (TPSA) is 81.1 Å². The molecule has 3 aromatic rings. The predicted octanol–water partition coefficient (Wildman–Crippen LogP) is 4.79. The molecule has 5 nitrogen and oxygen atoms in total. The lowest BCUT2D eigenvalue weighted by Gasteiger charge is -2.05. The van der Waals surface area contributed by atoms with Crippen molar-refractivity contribution in [2.24, 2.45) is 5.73 Å². The number of nitrogens with two attached hydrogens (primary N) is 1. The van der Waals surface area contributed by atoms with Gasteiger partial charge in [0.25, 0.3) is 0 Å². The third-order valence-corrected chi connectivity index (χ3v) is 4.81. The molecule has 3 rings (SSSR count). The molecule has 2 aromatic carbocycles. The summed E-state index contributed by atoms with van der Waals surface area (Å²) in [6.07, 6.45) is 8.36. The Hall–Kier alpha value is -2.76. The Balaban J connectivity index is 1.84. The van der Waals surface area contributed by atoms with Gasteiger partial charge in [-0.3, -0.25) is 4.79 Å². The number of hydrogen-bond donors (Lipinski definition) is 2. The lowest BCUT2D eigenvalue weighted by molar-refractivity contribution is -0.117. The number of hydrogen-bond acceptors (Lipinski definition) is 3. The zero-order valence-electron chi connectivity index (χ0n) is 15.6. The van der Waals surface area contributed by atoms with E-state index in [0.717, 1.165) is 22.6 Å². The van der Waals surface area contributed by atoms with Crippen LogP contribution in [0.2, 0.25) is 10.0 Å². The van der Waals surface area contributed by atoms with Crippen molar-refractivity contribution in [3.63, 3.8) is 0 Å². The molecular formula is C22H20Cl2N3O2. The van der Waals surface area contributed by atoms with Crippen molar-refractivity contribution < 1.29 is 9.90 Å². The highest BCUT2D eigenvalue weighted by molar-refractivity contribution is 6.36. The Kier molecular flexibility index (Phi) is 6.96. The van der Waals surface area contributed by atoms with E-state index in [-0.39, 0.29) is 18.1 Å². The number of phenols is 1. The number of benzene rings is 2. The Bertz CT molecular complexity index is 1030. The Morgan fingerprint density at radius 2 is 1.90 bits per heavy atom. The summed E-state index contributed by atoms with van der Waals surface area (Å²) in [5, 5.41) is 10.5. The van der Waals surface area contributed by atoms with Gasteiger partial charge < -0.3 is 15.4 Å². The fourth-order valence-electron chi connectivity index (χ4n) is 2.80. The number of phenolic OH excluding ortho intramolecular Hbond substituents is 1. The van der Waals surface area contributed by atoms with Gasteiger partial charge in [0.15, 0.2) is 0 Å². The lowest BCUT2D eigenvalue weighted by atomic mass is 10.1. The molecule has 1 radical (unpaired) electrons. The Morgan fingerprint density at radius 1 is 1.14 bits per heavy atom. The first-order valence-electron chi connectivity index (χ1n) is 8.99. The molecule has 1 heterocycles. The molecule has 7 heteroatoms. The van der Waals surface area contributed by atoms with E-state index in [2.05, 4.69) is 0 Å². The van der Waals surface area contributed by atoms with Crippen LogP contribution in [0, 0.1) is 6.42 Å². The molecule has 149 valence electrons. The molecule has 3 N–H and O–H groups in total. The highest BCUT2D eigenvalue weighted by atomic mass is 35.5. The summed E-state index contributed by atoms with van der Waals surface area (Å²) in [7, 11) is 0. The first-order chi connectivity index (χ1) is 13.9. The van der Waals surface area contributed by atoms with Gasteiger partial charge in [-0.25, -0.2) is 4.98 Å². The van der Waals surface area contributed by atoms with Gasteiger partial charge in [-0.15, -0.1) is 0 Å². The van der Waals surface area contributed by atoms with Crippen molar-refractivity contribution >= 4 is 29.1 Å². The first kappa shape index (κ1) is 21.0. The first-order valence-corrected chi connectivity index (χ1v) is 9.75. The number of amides is 1. The second kappa shape index (κ2) is 9.63. The predicted molar refractivity (Wildman–Crippen MR) is 116 cm³/mol. The van der Waals surface area contributed by atoms with Crippen molar-refractivity contribution in [2.45, 2.75) is 19.4 Å². The van der Waals surface area contributed by atoms with Gasteiger partial charge >= 0.3 is 0 Å². The van der Waals surface area contributed by atoms with Crippen LogP contribution >= 0.6 is 23.2 Å². The number of primary amides is 1. The molecule has 0 aliphatic rings. The number of rotatable bonds is 8. The largest absolute Gasteiger partial charge is 0.508 e. The number of allylic oxidation sites excluding steroid dienone is 1. The standard InChI is InChI=1S/C22H20Cl2N3O2/c23-16-7-10-18(19(24)13-16)20-14-27(12-2-1-3-21(25)29)22(26-20)11-6-15-4-8-17(28)9-5-15/h1-2,4-5,7-11,13-14,28H,3,6,12H2,(H2,25,29). The van der Waals surface area contributed by atoms with E-state index in [1.165, 1.54) is 0 Å². The molecular weight excluding hydrogens is 409 g/mol. The van der Waals surface area contributed by atoms with Gasteiger partial charge in [-0.05, 0) is 42.3 Å². The van der Waals surface area contributed by atoms with E-state index in [4.69, 9.17) is 33.9 Å². The molecule has 0 aliphatic heterocycles. The van der Waals surface area contributed by atoms with E-state index >= 15 is 0 Å². The fourth-order valence-corrected chi connectivity index (χ4v) is 3.30. The van der Waals surface area contributed by atoms with Crippen LogP contribution in [0.15, 0.2) is 60.8 Å². The number of aromatic nitrogens is 2. The van der Waals surface area contributed by atoms with Crippen LogP contribution in [-0.2, 0) is 17.8 Å². The minimum atomic E-state index is -0.375.